The van der Waals surface area contributed by atoms with Crippen molar-refractivity contribution < 1.29 is 0 Å². The number of anilines is 1. The zero-order valence-electron chi connectivity index (χ0n) is 12.6. The Kier molecular flexibility index (Phi) is 3.52. The molecule has 1 aliphatic carbocycles. The predicted octanol–water partition coefficient (Wildman–Crippen LogP) is 5.22. The van der Waals surface area contributed by atoms with Gasteiger partial charge in [-0.3, -0.25) is 0 Å². The first-order valence-electron chi connectivity index (χ1n) is 7.59. The van der Waals surface area contributed by atoms with E-state index in [0.29, 0.717) is 12.0 Å². The van der Waals surface area contributed by atoms with Gasteiger partial charge in [-0.25, -0.2) is 0 Å². The minimum Gasteiger partial charge on any atom is -0.378 e. The SMILES string of the molecule is Cc1ccc2c(c1)C(Nc1cccc(C(C)C)c1)CC2. The van der Waals surface area contributed by atoms with E-state index in [-0.39, 0.29) is 0 Å². The van der Waals surface area contributed by atoms with Crippen LogP contribution in [-0.2, 0) is 6.42 Å². The molecule has 0 heterocycles. The summed E-state index contributed by atoms with van der Waals surface area (Å²) in [4.78, 5) is 0. The number of hydrogen-bond donors (Lipinski definition) is 1. The molecule has 1 aliphatic rings. The van der Waals surface area contributed by atoms with Crippen molar-refractivity contribution in [2.75, 3.05) is 5.32 Å². The van der Waals surface area contributed by atoms with E-state index in [0.717, 1.165) is 0 Å². The van der Waals surface area contributed by atoms with Crippen LogP contribution < -0.4 is 5.32 Å². The van der Waals surface area contributed by atoms with Crippen molar-refractivity contribution in [3.05, 3.63) is 64.7 Å². The lowest BCUT2D eigenvalue weighted by atomic mass is 10.0. The van der Waals surface area contributed by atoms with Gasteiger partial charge < -0.3 is 5.32 Å². The lowest BCUT2D eigenvalue weighted by Crippen LogP contribution is -2.07. The normalized spacial score (nSPS) is 17.3. The third-order valence-electron chi connectivity index (χ3n) is 4.27. The number of nitrogens with one attached hydrogen (secondary N) is 1. The zero-order chi connectivity index (χ0) is 14.1. The molecule has 1 nitrogen and oxygen atoms in total. The first-order valence-corrected chi connectivity index (χ1v) is 7.59. The lowest BCUT2D eigenvalue weighted by molar-refractivity contribution is 0.761. The summed E-state index contributed by atoms with van der Waals surface area (Å²) in [5, 5.41) is 3.72. The van der Waals surface area contributed by atoms with Gasteiger partial charge in [0.15, 0.2) is 0 Å². The van der Waals surface area contributed by atoms with Gasteiger partial charge in [-0.1, -0.05) is 49.7 Å². The van der Waals surface area contributed by atoms with E-state index in [4.69, 9.17) is 0 Å². The minimum absolute atomic E-state index is 0.465. The Balaban J connectivity index is 1.83. The van der Waals surface area contributed by atoms with Gasteiger partial charge in [0.05, 0.1) is 6.04 Å². The van der Waals surface area contributed by atoms with Crippen LogP contribution in [0.4, 0.5) is 5.69 Å². The molecule has 0 aromatic heterocycles. The number of rotatable bonds is 3. The van der Waals surface area contributed by atoms with Gasteiger partial charge in [0.2, 0.25) is 0 Å². The zero-order valence-corrected chi connectivity index (χ0v) is 12.6. The second-order valence-corrected chi connectivity index (χ2v) is 6.22. The summed E-state index contributed by atoms with van der Waals surface area (Å²) in [7, 11) is 0. The molecule has 0 fully saturated rings. The molecule has 0 spiro atoms. The first kappa shape index (κ1) is 13.2. The summed E-state index contributed by atoms with van der Waals surface area (Å²) >= 11 is 0. The van der Waals surface area contributed by atoms with Gasteiger partial charge >= 0.3 is 0 Å². The monoisotopic (exact) mass is 265 g/mol. The molecular weight excluding hydrogens is 242 g/mol. The fourth-order valence-electron chi connectivity index (χ4n) is 3.06. The van der Waals surface area contributed by atoms with Gasteiger partial charge in [-0.15, -0.1) is 0 Å². The third-order valence-corrected chi connectivity index (χ3v) is 4.27. The Bertz CT molecular complexity index is 613. The van der Waals surface area contributed by atoms with E-state index in [1.807, 2.05) is 0 Å². The third kappa shape index (κ3) is 2.58. The van der Waals surface area contributed by atoms with E-state index >= 15 is 0 Å². The Hall–Kier alpha value is -1.76. The van der Waals surface area contributed by atoms with Crippen molar-refractivity contribution in [1.82, 2.24) is 0 Å². The van der Waals surface area contributed by atoms with Gasteiger partial charge in [-0.2, -0.15) is 0 Å². The fraction of sp³-hybridized carbons (Fsp3) is 0.368. The summed E-state index contributed by atoms with van der Waals surface area (Å²) in [5.74, 6) is 0.579. The Labute approximate surface area is 122 Å². The standard InChI is InChI=1S/C19H23N/c1-13(2)16-5-4-6-17(12-16)20-19-10-9-15-8-7-14(3)11-18(15)19/h4-8,11-13,19-20H,9-10H2,1-3H3. The molecular formula is C19H23N. The number of benzene rings is 2. The van der Waals surface area contributed by atoms with E-state index in [2.05, 4.69) is 68.6 Å². The summed E-state index contributed by atoms with van der Waals surface area (Å²) in [6.07, 6.45) is 2.39. The average Bonchev–Trinajstić information content (AvgIpc) is 2.82. The molecule has 0 saturated carbocycles. The molecule has 0 radical (unpaired) electrons. The van der Waals surface area contributed by atoms with Crippen LogP contribution in [0.15, 0.2) is 42.5 Å². The van der Waals surface area contributed by atoms with E-state index in [1.54, 1.807) is 0 Å². The number of hydrogen-bond acceptors (Lipinski definition) is 1. The molecule has 0 aliphatic heterocycles. The van der Waals surface area contributed by atoms with Gasteiger partial charge in [0, 0.05) is 5.69 Å². The van der Waals surface area contributed by atoms with E-state index in [9.17, 15) is 0 Å². The molecule has 1 N–H and O–H groups in total. The van der Waals surface area contributed by atoms with Crippen LogP contribution in [0.1, 0.15) is 54.5 Å². The quantitative estimate of drug-likeness (QED) is 0.802. The van der Waals surface area contributed by atoms with Crippen molar-refractivity contribution in [2.24, 2.45) is 0 Å². The molecule has 0 saturated heterocycles. The predicted molar refractivity (Wildman–Crippen MR) is 86.4 cm³/mol. The molecule has 104 valence electrons. The Morgan fingerprint density at radius 2 is 1.95 bits per heavy atom. The second-order valence-electron chi connectivity index (χ2n) is 6.22. The largest absolute Gasteiger partial charge is 0.378 e. The van der Waals surface area contributed by atoms with Crippen molar-refractivity contribution in [2.45, 2.75) is 45.6 Å². The average molecular weight is 265 g/mol. The number of fused-ring (bicyclic) bond motifs is 1. The van der Waals surface area contributed by atoms with Gasteiger partial charge in [-0.05, 0) is 54.5 Å². The molecule has 0 amide bonds. The molecule has 2 aromatic rings. The first-order chi connectivity index (χ1) is 9.63. The smallest absolute Gasteiger partial charge is 0.0519 e. The highest BCUT2D eigenvalue weighted by molar-refractivity contribution is 5.51. The maximum atomic E-state index is 3.72. The van der Waals surface area contributed by atoms with Crippen LogP contribution in [0.25, 0.3) is 0 Å². The highest BCUT2D eigenvalue weighted by Gasteiger charge is 2.22. The highest BCUT2D eigenvalue weighted by atomic mass is 14.9. The molecule has 1 unspecified atom stereocenters. The van der Waals surface area contributed by atoms with Crippen LogP contribution in [0.3, 0.4) is 0 Å². The van der Waals surface area contributed by atoms with Gasteiger partial charge in [0.25, 0.3) is 0 Å². The summed E-state index contributed by atoms with van der Waals surface area (Å²) < 4.78 is 0. The van der Waals surface area contributed by atoms with Crippen LogP contribution in [0.2, 0.25) is 0 Å². The van der Waals surface area contributed by atoms with E-state index in [1.165, 1.54) is 40.8 Å². The van der Waals surface area contributed by atoms with Crippen molar-refractivity contribution in [1.29, 1.82) is 0 Å². The summed E-state index contributed by atoms with van der Waals surface area (Å²) in [6.45, 7) is 6.66. The van der Waals surface area contributed by atoms with Crippen molar-refractivity contribution in [3.63, 3.8) is 0 Å². The molecule has 0 bridgehead atoms. The Morgan fingerprint density at radius 1 is 1.10 bits per heavy atom. The van der Waals surface area contributed by atoms with Crippen LogP contribution in [0.5, 0.6) is 0 Å². The molecule has 1 atom stereocenters. The van der Waals surface area contributed by atoms with Crippen LogP contribution >= 0.6 is 0 Å². The molecule has 3 rings (SSSR count). The lowest BCUT2D eigenvalue weighted by Gasteiger charge is -2.17. The molecule has 2 aromatic carbocycles. The Morgan fingerprint density at radius 3 is 2.75 bits per heavy atom. The maximum Gasteiger partial charge on any atom is 0.0519 e. The van der Waals surface area contributed by atoms with Crippen molar-refractivity contribution >= 4 is 5.69 Å². The fourth-order valence-corrected chi connectivity index (χ4v) is 3.06. The van der Waals surface area contributed by atoms with Crippen LogP contribution in [0, 0.1) is 6.92 Å². The minimum atomic E-state index is 0.465. The molecule has 20 heavy (non-hydrogen) atoms. The topological polar surface area (TPSA) is 12.0 Å². The van der Waals surface area contributed by atoms with E-state index < -0.39 is 0 Å². The summed E-state index contributed by atoms with van der Waals surface area (Å²) in [5.41, 5.74) is 6.99. The second kappa shape index (κ2) is 5.32. The van der Waals surface area contributed by atoms with Crippen molar-refractivity contribution in [3.8, 4) is 0 Å². The molecule has 1 heteroatoms. The van der Waals surface area contributed by atoms with Gasteiger partial charge in [0.1, 0.15) is 0 Å². The maximum absolute atomic E-state index is 3.72. The van der Waals surface area contributed by atoms with Crippen LogP contribution in [-0.4, -0.2) is 0 Å². The summed E-state index contributed by atoms with van der Waals surface area (Å²) in [6, 6.07) is 16.2. The number of aryl methyl sites for hydroxylation is 2. The highest BCUT2D eigenvalue weighted by Crippen LogP contribution is 2.34.